The van der Waals surface area contributed by atoms with E-state index in [1.54, 1.807) is 0 Å². The maximum absolute atomic E-state index is 9.85. The Morgan fingerprint density at radius 2 is 2.05 bits per heavy atom. The number of hydrogen-bond acceptors (Lipinski definition) is 5. The summed E-state index contributed by atoms with van der Waals surface area (Å²) in [7, 11) is 0. The second kappa shape index (κ2) is 4.85. The molecule has 0 fully saturated rings. The first kappa shape index (κ1) is 13.0. The summed E-state index contributed by atoms with van der Waals surface area (Å²) in [6.45, 7) is 4.87. The molecule has 3 heterocycles. The molecule has 3 rings (SSSR count). The van der Waals surface area contributed by atoms with Gasteiger partial charge in [-0.3, -0.25) is 4.90 Å². The highest BCUT2D eigenvalue weighted by Crippen LogP contribution is 2.39. The van der Waals surface area contributed by atoms with Crippen molar-refractivity contribution in [2.24, 2.45) is 0 Å². The van der Waals surface area contributed by atoms with Crippen molar-refractivity contribution in [3.05, 3.63) is 28.1 Å². The minimum Gasteiger partial charge on any atom is -0.494 e. The van der Waals surface area contributed by atoms with Crippen LogP contribution < -0.4 is 0 Å². The molecule has 2 N–H and O–H groups in total. The third-order valence-electron chi connectivity index (χ3n) is 3.72. The van der Waals surface area contributed by atoms with Crippen molar-refractivity contribution in [2.75, 3.05) is 13.1 Å². The predicted octanol–water partition coefficient (Wildman–Crippen LogP) is 2.20. The summed E-state index contributed by atoms with van der Waals surface area (Å²) in [5.74, 6) is -0.102. The van der Waals surface area contributed by atoms with Gasteiger partial charge in [-0.05, 0) is 18.5 Å². The zero-order chi connectivity index (χ0) is 14.3. The molecular weight excluding hydrogens is 274 g/mol. The molecule has 1 aliphatic heterocycles. The molecule has 20 heavy (non-hydrogen) atoms. The lowest BCUT2D eigenvalue weighted by atomic mass is 10.0. The summed E-state index contributed by atoms with van der Waals surface area (Å²) in [6.07, 6.45) is 0.839. The zero-order valence-electron chi connectivity index (χ0n) is 11.1. The Morgan fingerprint density at radius 3 is 2.65 bits per heavy atom. The normalized spacial score (nSPS) is 15.0. The van der Waals surface area contributed by atoms with Crippen LogP contribution in [0, 0.1) is 11.3 Å². The van der Waals surface area contributed by atoms with Crippen molar-refractivity contribution >= 4 is 11.3 Å². The van der Waals surface area contributed by atoms with Crippen LogP contribution in [-0.4, -0.2) is 32.8 Å². The van der Waals surface area contributed by atoms with Crippen molar-refractivity contribution < 1.29 is 10.2 Å². The maximum Gasteiger partial charge on any atom is 0.199 e. The van der Waals surface area contributed by atoms with Crippen LogP contribution >= 0.6 is 11.3 Å². The minimum absolute atomic E-state index is 0.0510. The van der Waals surface area contributed by atoms with Gasteiger partial charge in [0, 0.05) is 30.1 Å². The smallest absolute Gasteiger partial charge is 0.199 e. The molecule has 0 amide bonds. The Hall–Kier alpha value is -1.97. The standard InChI is InChI=1S/C14H15N3O2S/c1-2-16-6-5-9-10(7-15)14(20-11(9)8-16)17-12(18)3-4-13(17)19/h3-4,18-19H,2,5-6,8H2,1H3. The molecule has 6 heteroatoms. The van der Waals surface area contributed by atoms with Gasteiger partial charge in [0.2, 0.25) is 0 Å². The minimum atomic E-state index is -0.0510. The highest BCUT2D eigenvalue weighted by molar-refractivity contribution is 7.15. The Labute approximate surface area is 120 Å². The number of rotatable bonds is 2. The average molecular weight is 289 g/mol. The van der Waals surface area contributed by atoms with Gasteiger partial charge in [-0.1, -0.05) is 6.92 Å². The van der Waals surface area contributed by atoms with Crippen molar-refractivity contribution in [3.63, 3.8) is 0 Å². The van der Waals surface area contributed by atoms with E-state index in [0.717, 1.165) is 36.5 Å². The Bertz CT molecular complexity index is 677. The molecule has 0 bridgehead atoms. The molecule has 2 aromatic heterocycles. The summed E-state index contributed by atoms with van der Waals surface area (Å²) in [5, 5.41) is 29.7. The first-order valence-corrected chi connectivity index (χ1v) is 7.34. The van der Waals surface area contributed by atoms with Crippen molar-refractivity contribution in [2.45, 2.75) is 19.9 Å². The van der Waals surface area contributed by atoms with Crippen LogP contribution in [0.4, 0.5) is 0 Å². The van der Waals surface area contributed by atoms with Crippen LogP contribution in [0.1, 0.15) is 22.9 Å². The van der Waals surface area contributed by atoms with E-state index in [1.807, 2.05) is 0 Å². The molecular formula is C14H15N3O2S. The van der Waals surface area contributed by atoms with Gasteiger partial charge in [0.1, 0.15) is 11.1 Å². The van der Waals surface area contributed by atoms with E-state index in [1.165, 1.54) is 28.0 Å². The van der Waals surface area contributed by atoms with Gasteiger partial charge in [0.05, 0.1) is 5.56 Å². The van der Waals surface area contributed by atoms with Gasteiger partial charge in [-0.15, -0.1) is 11.3 Å². The molecule has 0 atom stereocenters. The number of aromatic nitrogens is 1. The number of nitrogens with zero attached hydrogens (tertiary/aromatic N) is 3. The summed E-state index contributed by atoms with van der Waals surface area (Å²) < 4.78 is 1.33. The molecule has 1 aliphatic rings. The Kier molecular flexibility index (Phi) is 3.16. The highest BCUT2D eigenvalue weighted by atomic mass is 32.1. The fourth-order valence-electron chi connectivity index (χ4n) is 2.61. The number of aromatic hydroxyl groups is 2. The number of nitriles is 1. The number of likely N-dealkylation sites (N-methyl/N-ethyl adjacent to an activating group) is 1. The van der Waals surface area contributed by atoms with Crippen molar-refractivity contribution in [1.82, 2.24) is 9.47 Å². The van der Waals surface area contributed by atoms with Crippen LogP contribution in [0.25, 0.3) is 5.00 Å². The fraction of sp³-hybridized carbons (Fsp3) is 0.357. The lowest BCUT2D eigenvalue weighted by Gasteiger charge is -2.24. The van der Waals surface area contributed by atoms with E-state index in [4.69, 9.17) is 0 Å². The molecule has 0 unspecified atom stereocenters. The monoisotopic (exact) mass is 289 g/mol. The fourth-order valence-corrected chi connectivity index (χ4v) is 3.97. The van der Waals surface area contributed by atoms with E-state index in [0.29, 0.717) is 10.6 Å². The topological polar surface area (TPSA) is 72.4 Å². The van der Waals surface area contributed by atoms with Gasteiger partial charge in [0.15, 0.2) is 11.8 Å². The van der Waals surface area contributed by atoms with Gasteiger partial charge in [-0.25, -0.2) is 4.57 Å². The van der Waals surface area contributed by atoms with Gasteiger partial charge >= 0.3 is 0 Å². The molecule has 0 radical (unpaired) electrons. The predicted molar refractivity (Wildman–Crippen MR) is 76.3 cm³/mol. The number of hydrogen-bond donors (Lipinski definition) is 2. The maximum atomic E-state index is 9.85. The van der Waals surface area contributed by atoms with Crippen molar-refractivity contribution in [1.29, 1.82) is 5.26 Å². The summed E-state index contributed by atoms with van der Waals surface area (Å²) in [6, 6.07) is 5.08. The first-order chi connectivity index (χ1) is 9.65. The van der Waals surface area contributed by atoms with Crippen LogP contribution in [0.5, 0.6) is 11.8 Å². The van der Waals surface area contributed by atoms with Crippen LogP contribution in [0.15, 0.2) is 12.1 Å². The molecule has 104 valence electrons. The van der Waals surface area contributed by atoms with E-state index in [9.17, 15) is 15.5 Å². The lowest BCUT2D eigenvalue weighted by Crippen LogP contribution is -2.29. The van der Waals surface area contributed by atoms with Crippen molar-refractivity contribution in [3.8, 4) is 22.8 Å². The van der Waals surface area contributed by atoms with Crippen LogP contribution in [0.2, 0.25) is 0 Å². The first-order valence-electron chi connectivity index (χ1n) is 6.52. The third-order valence-corrected chi connectivity index (χ3v) is 4.92. The molecule has 0 aromatic carbocycles. The van der Waals surface area contributed by atoms with E-state index in [2.05, 4.69) is 17.9 Å². The van der Waals surface area contributed by atoms with Crippen LogP contribution in [0.3, 0.4) is 0 Å². The van der Waals surface area contributed by atoms with Gasteiger partial charge < -0.3 is 10.2 Å². The Balaban J connectivity index is 2.15. The lowest BCUT2D eigenvalue weighted by molar-refractivity contribution is 0.271. The second-order valence-corrected chi connectivity index (χ2v) is 5.88. The molecule has 0 spiro atoms. The molecule has 2 aromatic rings. The molecule has 5 nitrogen and oxygen atoms in total. The zero-order valence-corrected chi connectivity index (χ0v) is 11.9. The summed E-state index contributed by atoms with van der Waals surface area (Å²) in [4.78, 5) is 3.47. The van der Waals surface area contributed by atoms with Gasteiger partial charge in [-0.2, -0.15) is 5.26 Å². The summed E-state index contributed by atoms with van der Waals surface area (Å²) in [5.41, 5.74) is 1.63. The van der Waals surface area contributed by atoms with Crippen LogP contribution in [-0.2, 0) is 13.0 Å². The Morgan fingerprint density at radius 1 is 1.35 bits per heavy atom. The number of fused-ring (bicyclic) bond motifs is 1. The largest absolute Gasteiger partial charge is 0.494 e. The van der Waals surface area contributed by atoms with E-state index in [-0.39, 0.29) is 11.8 Å². The summed E-state index contributed by atoms with van der Waals surface area (Å²) >= 11 is 1.47. The quantitative estimate of drug-likeness (QED) is 0.889. The third kappa shape index (κ3) is 1.87. The molecule has 0 saturated heterocycles. The SMILES string of the molecule is CCN1CCc2c(sc(-n3c(O)ccc3O)c2C#N)C1. The average Bonchev–Trinajstić information content (AvgIpc) is 2.97. The number of thiophene rings is 1. The second-order valence-electron chi connectivity index (χ2n) is 4.80. The van der Waals surface area contributed by atoms with E-state index < -0.39 is 0 Å². The van der Waals surface area contributed by atoms with E-state index >= 15 is 0 Å². The molecule has 0 saturated carbocycles. The van der Waals surface area contributed by atoms with Gasteiger partial charge in [0.25, 0.3) is 0 Å². The molecule has 0 aliphatic carbocycles. The highest BCUT2D eigenvalue weighted by Gasteiger charge is 2.26.